The molecule has 0 fully saturated rings. The molecule has 1 heterocycles. The van der Waals surface area contributed by atoms with Crippen molar-refractivity contribution in [3.8, 4) is 0 Å². The third kappa shape index (κ3) is 4.98. The van der Waals surface area contributed by atoms with Gasteiger partial charge < -0.3 is 10.3 Å². The molecule has 0 bridgehead atoms. The monoisotopic (exact) mass is 209 g/mol. The second-order valence-electron chi connectivity index (χ2n) is 3.99. The highest BCUT2D eigenvalue weighted by Crippen LogP contribution is 2.01. The molecule has 0 aliphatic carbocycles. The zero-order valence-corrected chi connectivity index (χ0v) is 9.92. The number of hydrogen-bond donors (Lipinski definition) is 2. The van der Waals surface area contributed by atoms with Crippen LogP contribution in [0.1, 0.15) is 45.4 Å². The number of aryl methyl sites for hydroxylation is 1. The van der Waals surface area contributed by atoms with E-state index in [-0.39, 0.29) is 0 Å². The van der Waals surface area contributed by atoms with E-state index in [0.717, 1.165) is 25.2 Å². The second kappa shape index (κ2) is 7.46. The van der Waals surface area contributed by atoms with Gasteiger partial charge in [-0.05, 0) is 25.8 Å². The number of aromatic nitrogens is 2. The number of rotatable bonds is 8. The van der Waals surface area contributed by atoms with Crippen LogP contribution in [0, 0.1) is 0 Å². The van der Waals surface area contributed by atoms with Crippen LogP contribution >= 0.6 is 0 Å². The summed E-state index contributed by atoms with van der Waals surface area (Å²) in [7, 11) is 0. The van der Waals surface area contributed by atoms with Crippen LogP contribution < -0.4 is 5.32 Å². The van der Waals surface area contributed by atoms with Crippen molar-refractivity contribution < 1.29 is 0 Å². The molecular formula is C12H23N3. The molecule has 86 valence electrons. The second-order valence-corrected chi connectivity index (χ2v) is 3.99. The Bertz CT molecular complexity index is 231. The Kier molecular flexibility index (Phi) is 6.09. The molecule has 0 aliphatic rings. The number of nitrogens with zero attached hydrogens (tertiary/aromatic N) is 1. The van der Waals surface area contributed by atoms with Crippen molar-refractivity contribution in [3.05, 3.63) is 18.2 Å². The third-order valence-electron chi connectivity index (χ3n) is 2.71. The van der Waals surface area contributed by atoms with Gasteiger partial charge in [0.1, 0.15) is 5.82 Å². The van der Waals surface area contributed by atoms with Crippen molar-refractivity contribution in [1.29, 1.82) is 0 Å². The zero-order chi connectivity index (χ0) is 10.9. The van der Waals surface area contributed by atoms with Gasteiger partial charge in [0, 0.05) is 24.9 Å². The van der Waals surface area contributed by atoms with E-state index in [9.17, 15) is 0 Å². The first-order valence-electron chi connectivity index (χ1n) is 6.08. The van der Waals surface area contributed by atoms with E-state index < -0.39 is 0 Å². The van der Waals surface area contributed by atoms with Gasteiger partial charge in [-0.2, -0.15) is 0 Å². The smallest absolute Gasteiger partial charge is 0.106 e. The van der Waals surface area contributed by atoms with Crippen LogP contribution in [-0.2, 0) is 6.42 Å². The van der Waals surface area contributed by atoms with Gasteiger partial charge >= 0.3 is 0 Å². The average Bonchev–Trinajstić information content (AvgIpc) is 2.75. The molecule has 1 aromatic rings. The predicted octanol–water partition coefficient (Wildman–Crippen LogP) is 2.51. The van der Waals surface area contributed by atoms with Gasteiger partial charge in [0.2, 0.25) is 0 Å². The van der Waals surface area contributed by atoms with Crippen LogP contribution in [0.15, 0.2) is 12.4 Å². The van der Waals surface area contributed by atoms with Crippen molar-refractivity contribution in [2.45, 2.75) is 52.0 Å². The van der Waals surface area contributed by atoms with Crippen LogP contribution in [0.2, 0.25) is 0 Å². The van der Waals surface area contributed by atoms with E-state index >= 15 is 0 Å². The summed E-state index contributed by atoms with van der Waals surface area (Å²) in [6, 6.07) is 0.701. The minimum absolute atomic E-state index is 0.701. The first-order chi connectivity index (χ1) is 7.36. The highest BCUT2D eigenvalue weighted by atomic mass is 14.9. The Hall–Kier alpha value is -0.830. The molecule has 0 saturated carbocycles. The summed E-state index contributed by atoms with van der Waals surface area (Å²) in [5.74, 6) is 1.10. The van der Waals surface area contributed by atoms with Crippen LogP contribution in [0.25, 0.3) is 0 Å². The quantitative estimate of drug-likeness (QED) is 0.646. The summed E-state index contributed by atoms with van der Waals surface area (Å²) in [4.78, 5) is 7.33. The first-order valence-corrected chi connectivity index (χ1v) is 6.08. The van der Waals surface area contributed by atoms with Crippen molar-refractivity contribution in [1.82, 2.24) is 15.3 Å². The fourth-order valence-corrected chi connectivity index (χ4v) is 1.80. The van der Waals surface area contributed by atoms with Crippen LogP contribution in [0.4, 0.5) is 0 Å². The molecule has 1 atom stereocenters. The molecule has 0 aliphatic heterocycles. The maximum Gasteiger partial charge on any atom is 0.106 e. The predicted molar refractivity (Wildman–Crippen MR) is 63.9 cm³/mol. The number of aromatic amines is 1. The summed E-state index contributed by atoms with van der Waals surface area (Å²) in [5.41, 5.74) is 0. The SMILES string of the molecule is CCCC(CC)NCCCc1ncc[nH]1. The van der Waals surface area contributed by atoms with Gasteiger partial charge in [-0.3, -0.25) is 0 Å². The molecule has 1 rings (SSSR count). The van der Waals surface area contributed by atoms with E-state index in [4.69, 9.17) is 0 Å². The average molecular weight is 209 g/mol. The molecule has 0 saturated heterocycles. The summed E-state index contributed by atoms with van der Waals surface area (Å²) < 4.78 is 0. The van der Waals surface area contributed by atoms with Crippen molar-refractivity contribution in [2.75, 3.05) is 6.54 Å². The molecule has 0 spiro atoms. The zero-order valence-electron chi connectivity index (χ0n) is 9.92. The van der Waals surface area contributed by atoms with Gasteiger partial charge in [-0.15, -0.1) is 0 Å². The standard InChI is InChI=1S/C12H23N3/c1-3-6-11(4-2)13-8-5-7-12-14-9-10-15-12/h9-11,13H,3-8H2,1-2H3,(H,14,15). The molecule has 15 heavy (non-hydrogen) atoms. The lowest BCUT2D eigenvalue weighted by molar-refractivity contribution is 0.458. The van der Waals surface area contributed by atoms with Gasteiger partial charge in [0.05, 0.1) is 0 Å². The number of H-pyrrole nitrogens is 1. The lowest BCUT2D eigenvalue weighted by Crippen LogP contribution is -2.29. The van der Waals surface area contributed by atoms with Crippen LogP contribution in [0.3, 0.4) is 0 Å². The Balaban J connectivity index is 2.05. The van der Waals surface area contributed by atoms with Crippen molar-refractivity contribution in [3.63, 3.8) is 0 Å². The highest BCUT2D eigenvalue weighted by molar-refractivity contribution is 4.86. The topological polar surface area (TPSA) is 40.7 Å². The van der Waals surface area contributed by atoms with E-state index in [1.54, 1.807) is 0 Å². The molecule has 0 amide bonds. The van der Waals surface area contributed by atoms with E-state index in [1.165, 1.54) is 19.3 Å². The molecule has 1 aromatic heterocycles. The summed E-state index contributed by atoms with van der Waals surface area (Å²) >= 11 is 0. The molecule has 0 aromatic carbocycles. The molecular weight excluding hydrogens is 186 g/mol. The first kappa shape index (κ1) is 12.2. The van der Waals surface area contributed by atoms with Crippen LogP contribution in [-0.4, -0.2) is 22.6 Å². The lowest BCUT2D eigenvalue weighted by atomic mass is 10.1. The van der Waals surface area contributed by atoms with E-state index in [0.29, 0.717) is 6.04 Å². The largest absolute Gasteiger partial charge is 0.349 e. The minimum atomic E-state index is 0.701. The molecule has 0 radical (unpaired) electrons. The molecule has 2 N–H and O–H groups in total. The third-order valence-corrected chi connectivity index (χ3v) is 2.71. The Morgan fingerprint density at radius 1 is 1.47 bits per heavy atom. The Morgan fingerprint density at radius 2 is 2.33 bits per heavy atom. The van der Waals surface area contributed by atoms with E-state index in [2.05, 4.69) is 29.1 Å². The summed E-state index contributed by atoms with van der Waals surface area (Å²) in [5, 5.41) is 3.59. The minimum Gasteiger partial charge on any atom is -0.349 e. The fraction of sp³-hybridized carbons (Fsp3) is 0.750. The summed E-state index contributed by atoms with van der Waals surface area (Å²) in [6.07, 6.45) is 9.69. The number of hydrogen-bond acceptors (Lipinski definition) is 2. The number of nitrogens with one attached hydrogen (secondary N) is 2. The molecule has 3 heteroatoms. The van der Waals surface area contributed by atoms with Gasteiger partial charge in [0.25, 0.3) is 0 Å². The molecule has 1 unspecified atom stereocenters. The number of imidazole rings is 1. The summed E-state index contributed by atoms with van der Waals surface area (Å²) in [6.45, 7) is 5.59. The normalized spacial score (nSPS) is 12.9. The fourth-order valence-electron chi connectivity index (χ4n) is 1.80. The van der Waals surface area contributed by atoms with Crippen molar-refractivity contribution >= 4 is 0 Å². The van der Waals surface area contributed by atoms with Crippen molar-refractivity contribution in [2.24, 2.45) is 0 Å². The maximum absolute atomic E-state index is 4.21. The van der Waals surface area contributed by atoms with E-state index in [1.807, 2.05) is 12.4 Å². The van der Waals surface area contributed by atoms with Gasteiger partial charge in [-0.25, -0.2) is 4.98 Å². The Morgan fingerprint density at radius 3 is 2.93 bits per heavy atom. The highest BCUT2D eigenvalue weighted by Gasteiger charge is 2.03. The van der Waals surface area contributed by atoms with Gasteiger partial charge in [0.15, 0.2) is 0 Å². The Labute approximate surface area is 92.7 Å². The lowest BCUT2D eigenvalue weighted by Gasteiger charge is -2.15. The molecule has 3 nitrogen and oxygen atoms in total. The maximum atomic E-state index is 4.21. The van der Waals surface area contributed by atoms with Crippen LogP contribution in [0.5, 0.6) is 0 Å². The van der Waals surface area contributed by atoms with Gasteiger partial charge in [-0.1, -0.05) is 20.3 Å².